The van der Waals surface area contributed by atoms with Gasteiger partial charge in [0.1, 0.15) is 0 Å². The average Bonchev–Trinajstić information content (AvgIpc) is 2.88. The number of unbranched alkanes of at least 4 members (excludes halogenated alkanes) is 9. The van der Waals surface area contributed by atoms with Crippen molar-refractivity contribution >= 4 is 5.97 Å². The van der Waals surface area contributed by atoms with E-state index in [0.29, 0.717) is 24.6 Å². The number of esters is 1. The van der Waals surface area contributed by atoms with Crippen LogP contribution in [0.2, 0.25) is 0 Å². The van der Waals surface area contributed by atoms with Gasteiger partial charge in [0.2, 0.25) is 0 Å². The molecule has 0 saturated heterocycles. The zero-order chi connectivity index (χ0) is 26.0. The third-order valence-electron chi connectivity index (χ3n) is 6.65. The van der Waals surface area contributed by atoms with E-state index < -0.39 is 0 Å². The molecule has 0 aliphatic carbocycles. The number of carbonyl (C=O) groups is 1. The smallest absolute Gasteiger partial charge is 0.306 e. The summed E-state index contributed by atoms with van der Waals surface area (Å²) in [5.41, 5.74) is 2.06. The van der Waals surface area contributed by atoms with Gasteiger partial charge in [-0.1, -0.05) is 103 Å². The predicted molar refractivity (Wildman–Crippen MR) is 148 cm³/mol. The molecule has 1 aromatic heterocycles. The van der Waals surface area contributed by atoms with Gasteiger partial charge >= 0.3 is 5.97 Å². The third kappa shape index (κ3) is 12.0. The number of hydrogen-bond acceptors (Lipinski definition) is 5. The van der Waals surface area contributed by atoms with Crippen LogP contribution in [0.5, 0.6) is 5.75 Å². The minimum absolute atomic E-state index is 0.0106. The van der Waals surface area contributed by atoms with Gasteiger partial charge in [-0.05, 0) is 37.7 Å². The molecule has 200 valence electrons. The van der Waals surface area contributed by atoms with Crippen LogP contribution < -0.4 is 4.74 Å². The number of rotatable bonds is 19. The van der Waals surface area contributed by atoms with Crippen molar-refractivity contribution in [3.8, 4) is 17.1 Å². The van der Waals surface area contributed by atoms with Crippen molar-refractivity contribution in [2.45, 2.75) is 123 Å². The lowest BCUT2D eigenvalue weighted by atomic mass is 9.96. The van der Waals surface area contributed by atoms with E-state index in [0.717, 1.165) is 30.4 Å². The molecule has 0 aliphatic heterocycles. The predicted octanol–water partition coefficient (Wildman–Crippen LogP) is 8.67. The first-order valence-electron chi connectivity index (χ1n) is 14.3. The molecule has 5 heteroatoms. The highest BCUT2D eigenvalue weighted by Crippen LogP contribution is 2.24. The molecule has 0 fully saturated rings. The quantitative estimate of drug-likeness (QED) is 0.144. The van der Waals surface area contributed by atoms with Crippen LogP contribution in [-0.2, 0) is 9.53 Å². The van der Waals surface area contributed by atoms with Crippen molar-refractivity contribution in [3.63, 3.8) is 0 Å². The summed E-state index contributed by atoms with van der Waals surface area (Å²) in [5, 5.41) is 0. The Morgan fingerprint density at radius 3 is 2.03 bits per heavy atom. The fourth-order valence-electron chi connectivity index (χ4n) is 4.31. The van der Waals surface area contributed by atoms with E-state index in [9.17, 15) is 4.79 Å². The largest absolute Gasteiger partial charge is 0.490 e. The van der Waals surface area contributed by atoms with Crippen molar-refractivity contribution in [2.75, 3.05) is 6.61 Å². The normalized spacial score (nSPS) is 12.8. The summed E-state index contributed by atoms with van der Waals surface area (Å²) in [6.45, 7) is 9.22. The number of benzene rings is 1. The van der Waals surface area contributed by atoms with Gasteiger partial charge in [0.05, 0.1) is 31.5 Å². The van der Waals surface area contributed by atoms with Crippen molar-refractivity contribution < 1.29 is 14.3 Å². The molecule has 0 spiro atoms. The van der Waals surface area contributed by atoms with E-state index in [1.807, 2.05) is 19.1 Å². The molecule has 0 aliphatic rings. The number of carbonyl (C=O) groups excluding carboxylic acids is 1. The number of hydrogen-bond donors (Lipinski definition) is 0. The summed E-state index contributed by atoms with van der Waals surface area (Å²) in [6, 6.07) is 8.13. The molecule has 1 aromatic carbocycles. The van der Waals surface area contributed by atoms with E-state index in [-0.39, 0.29) is 18.0 Å². The zero-order valence-electron chi connectivity index (χ0n) is 23.1. The third-order valence-corrected chi connectivity index (χ3v) is 6.65. The fourth-order valence-corrected chi connectivity index (χ4v) is 4.31. The van der Waals surface area contributed by atoms with Gasteiger partial charge in [0.25, 0.3) is 0 Å². The van der Waals surface area contributed by atoms with E-state index in [1.165, 1.54) is 57.8 Å². The topological polar surface area (TPSA) is 61.3 Å². The Labute approximate surface area is 219 Å². The second-order valence-electron chi connectivity index (χ2n) is 10.1. The average molecular weight is 497 g/mol. The Bertz CT molecular complexity index is 836. The van der Waals surface area contributed by atoms with Crippen LogP contribution in [0, 0.1) is 0 Å². The van der Waals surface area contributed by atoms with E-state index in [1.54, 1.807) is 12.4 Å². The van der Waals surface area contributed by atoms with E-state index in [4.69, 9.17) is 9.47 Å². The lowest BCUT2D eigenvalue weighted by molar-refractivity contribution is -0.148. The SMILES string of the molecule is CCCCCCCCCOc1cnc(-c2ccc(C(C)CC(=O)OC(C)CCCCCC)cc2)nc1. The number of aromatic nitrogens is 2. The molecule has 0 amide bonds. The maximum atomic E-state index is 12.4. The maximum absolute atomic E-state index is 12.4. The Morgan fingerprint density at radius 1 is 0.806 bits per heavy atom. The Kier molecular flexibility index (Phi) is 14.8. The molecule has 2 atom stereocenters. The molecule has 0 N–H and O–H groups in total. The van der Waals surface area contributed by atoms with Crippen molar-refractivity contribution in [1.29, 1.82) is 0 Å². The Hall–Kier alpha value is -2.43. The molecule has 2 aromatic rings. The van der Waals surface area contributed by atoms with Gasteiger partial charge in [0.15, 0.2) is 11.6 Å². The Morgan fingerprint density at radius 2 is 1.39 bits per heavy atom. The fraction of sp³-hybridized carbons (Fsp3) is 0.645. The second kappa shape index (κ2) is 17.9. The first-order chi connectivity index (χ1) is 17.5. The van der Waals surface area contributed by atoms with Gasteiger partial charge < -0.3 is 9.47 Å². The first kappa shape index (κ1) is 29.8. The van der Waals surface area contributed by atoms with Crippen molar-refractivity contribution in [1.82, 2.24) is 9.97 Å². The first-order valence-corrected chi connectivity index (χ1v) is 14.3. The summed E-state index contributed by atoms with van der Waals surface area (Å²) in [4.78, 5) is 21.3. The second-order valence-corrected chi connectivity index (χ2v) is 10.1. The van der Waals surface area contributed by atoms with Gasteiger partial charge in [-0.15, -0.1) is 0 Å². The van der Waals surface area contributed by atoms with E-state index >= 15 is 0 Å². The minimum Gasteiger partial charge on any atom is -0.490 e. The van der Waals surface area contributed by atoms with Crippen LogP contribution in [0.15, 0.2) is 36.7 Å². The molecule has 0 saturated carbocycles. The molecule has 2 rings (SSSR count). The minimum atomic E-state index is -0.120. The maximum Gasteiger partial charge on any atom is 0.306 e. The summed E-state index contributed by atoms with van der Waals surface area (Å²) < 4.78 is 11.4. The summed E-state index contributed by atoms with van der Waals surface area (Å²) >= 11 is 0. The lowest BCUT2D eigenvalue weighted by Crippen LogP contribution is -2.16. The van der Waals surface area contributed by atoms with Gasteiger partial charge in [-0.3, -0.25) is 4.79 Å². The highest BCUT2D eigenvalue weighted by atomic mass is 16.5. The highest BCUT2D eigenvalue weighted by molar-refractivity contribution is 5.70. The summed E-state index contributed by atoms with van der Waals surface area (Å²) in [7, 11) is 0. The molecule has 36 heavy (non-hydrogen) atoms. The lowest BCUT2D eigenvalue weighted by Gasteiger charge is -2.16. The van der Waals surface area contributed by atoms with Gasteiger partial charge in [-0.2, -0.15) is 0 Å². The molecule has 1 heterocycles. The molecule has 2 unspecified atom stereocenters. The standard InChI is InChI=1S/C31H48N2O3/c1-5-7-9-11-12-13-15-21-35-29-23-32-31(33-24-29)28-19-17-27(18-20-28)25(3)22-30(34)36-26(4)16-14-10-8-6-2/h17-20,23-26H,5-16,21-22H2,1-4H3. The van der Waals surface area contributed by atoms with E-state index in [2.05, 4.69) is 42.9 Å². The Balaban J connectivity index is 1.73. The van der Waals surface area contributed by atoms with Crippen LogP contribution in [0.4, 0.5) is 0 Å². The van der Waals surface area contributed by atoms with Crippen molar-refractivity contribution in [2.24, 2.45) is 0 Å². The van der Waals surface area contributed by atoms with Gasteiger partial charge in [-0.25, -0.2) is 9.97 Å². The van der Waals surface area contributed by atoms with Gasteiger partial charge in [0, 0.05) is 5.56 Å². The summed E-state index contributed by atoms with van der Waals surface area (Å²) in [6.07, 6.45) is 18.5. The van der Waals surface area contributed by atoms with Crippen LogP contribution >= 0.6 is 0 Å². The van der Waals surface area contributed by atoms with Crippen LogP contribution in [-0.4, -0.2) is 28.6 Å². The zero-order valence-corrected chi connectivity index (χ0v) is 23.1. The molecular formula is C31H48N2O3. The van der Waals surface area contributed by atoms with Crippen LogP contribution in [0.1, 0.15) is 123 Å². The molecular weight excluding hydrogens is 448 g/mol. The summed E-state index contributed by atoms with van der Waals surface area (Å²) in [5.74, 6) is 1.37. The monoisotopic (exact) mass is 496 g/mol. The highest BCUT2D eigenvalue weighted by Gasteiger charge is 2.15. The number of ether oxygens (including phenoxy) is 2. The van der Waals surface area contributed by atoms with Crippen molar-refractivity contribution in [3.05, 3.63) is 42.2 Å². The molecule has 0 radical (unpaired) electrons. The molecule has 0 bridgehead atoms. The molecule has 5 nitrogen and oxygen atoms in total. The van der Waals surface area contributed by atoms with Crippen LogP contribution in [0.25, 0.3) is 11.4 Å². The van der Waals surface area contributed by atoms with Crippen LogP contribution in [0.3, 0.4) is 0 Å². The number of nitrogens with zero attached hydrogens (tertiary/aromatic N) is 2.